The van der Waals surface area contributed by atoms with Crippen molar-refractivity contribution in [3.63, 3.8) is 0 Å². The zero-order valence-electron chi connectivity index (χ0n) is 16.6. The fourth-order valence-corrected chi connectivity index (χ4v) is 4.56. The first kappa shape index (κ1) is 21.0. The van der Waals surface area contributed by atoms with Gasteiger partial charge in [-0.3, -0.25) is 14.0 Å². The van der Waals surface area contributed by atoms with E-state index in [0.717, 1.165) is 16.8 Å². The molecule has 0 saturated heterocycles. The maximum Gasteiger partial charge on any atom is 0.280 e. The number of rotatable bonds is 6. The van der Waals surface area contributed by atoms with E-state index in [1.165, 1.54) is 11.8 Å². The van der Waals surface area contributed by atoms with Crippen LogP contribution in [0.2, 0.25) is 10.0 Å². The number of hydrogen-bond acceptors (Lipinski definition) is 4. The summed E-state index contributed by atoms with van der Waals surface area (Å²) in [5.74, 6) is 0.665. The highest BCUT2D eigenvalue weighted by Gasteiger charge is 2.19. The molecule has 0 aliphatic carbocycles. The SMILES string of the molecule is CCn1nc(C)c2nc(SCc3ccc(Cl)cc3)n(Cc3ccccc3Cl)c(=O)c21. The summed E-state index contributed by atoms with van der Waals surface area (Å²) in [6, 6.07) is 15.2. The lowest BCUT2D eigenvalue weighted by molar-refractivity contribution is 0.636. The van der Waals surface area contributed by atoms with E-state index < -0.39 is 0 Å². The fourth-order valence-electron chi connectivity index (χ4n) is 3.29. The van der Waals surface area contributed by atoms with Gasteiger partial charge in [0.2, 0.25) is 0 Å². The fraction of sp³-hybridized carbons (Fsp3) is 0.227. The summed E-state index contributed by atoms with van der Waals surface area (Å²) >= 11 is 13.9. The first-order valence-corrected chi connectivity index (χ1v) is 11.3. The molecule has 5 nitrogen and oxygen atoms in total. The highest BCUT2D eigenvalue weighted by atomic mass is 35.5. The van der Waals surface area contributed by atoms with Crippen LogP contribution in [0.3, 0.4) is 0 Å². The molecule has 0 atom stereocenters. The summed E-state index contributed by atoms with van der Waals surface area (Å²) in [4.78, 5) is 18.3. The van der Waals surface area contributed by atoms with Gasteiger partial charge in [-0.2, -0.15) is 5.10 Å². The Balaban J connectivity index is 1.81. The molecule has 0 unspecified atom stereocenters. The van der Waals surface area contributed by atoms with Gasteiger partial charge in [0.05, 0.1) is 12.2 Å². The average molecular weight is 459 g/mol. The molecule has 2 aromatic heterocycles. The van der Waals surface area contributed by atoms with Gasteiger partial charge in [-0.1, -0.05) is 65.3 Å². The lowest BCUT2D eigenvalue weighted by Gasteiger charge is -2.13. The summed E-state index contributed by atoms with van der Waals surface area (Å²) < 4.78 is 3.41. The molecule has 0 fully saturated rings. The lowest BCUT2D eigenvalue weighted by Crippen LogP contribution is -2.25. The van der Waals surface area contributed by atoms with Crippen LogP contribution in [0.1, 0.15) is 23.7 Å². The molecule has 0 aliphatic heterocycles. The molecule has 154 valence electrons. The van der Waals surface area contributed by atoms with Gasteiger partial charge in [0, 0.05) is 22.3 Å². The van der Waals surface area contributed by atoms with E-state index in [1.807, 2.05) is 62.4 Å². The molecule has 0 bridgehead atoms. The van der Waals surface area contributed by atoms with Crippen molar-refractivity contribution in [3.8, 4) is 0 Å². The van der Waals surface area contributed by atoms with Gasteiger partial charge in [0.1, 0.15) is 5.52 Å². The van der Waals surface area contributed by atoms with Crippen molar-refractivity contribution in [2.24, 2.45) is 0 Å². The standard InChI is InChI=1S/C22H20Cl2N4OS/c1-3-28-20-19(14(2)26-28)25-22(30-13-15-8-10-17(23)11-9-15)27(21(20)29)12-16-6-4-5-7-18(16)24/h4-11H,3,12-13H2,1-2H3. The van der Waals surface area contributed by atoms with Gasteiger partial charge in [-0.15, -0.1) is 0 Å². The number of aryl methyl sites for hydroxylation is 2. The number of aromatic nitrogens is 4. The minimum absolute atomic E-state index is 0.110. The predicted molar refractivity (Wildman–Crippen MR) is 124 cm³/mol. The Kier molecular flexibility index (Phi) is 6.18. The van der Waals surface area contributed by atoms with Gasteiger partial charge in [0.25, 0.3) is 5.56 Å². The molecule has 0 N–H and O–H groups in total. The van der Waals surface area contributed by atoms with Crippen molar-refractivity contribution in [2.75, 3.05) is 0 Å². The Morgan fingerprint density at radius 3 is 2.50 bits per heavy atom. The molecule has 30 heavy (non-hydrogen) atoms. The Bertz CT molecular complexity index is 1260. The molecule has 8 heteroatoms. The second-order valence-electron chi connectivity index (χ2n) is 6.89. The van der Waals surface area contributed by atoms with E-state index in [-0.39, 0.29) is 5.56 Å². The lowest BCUT2D eigenvalue weighted by atomic mass is 10.2. The number of fused-ring (bicyclic) bond motifs is 1. The Labute approximate surface area is 188 Å². The first-order chi connectivity index (χ1) is 14.5. The smallest absolute Gasteiger partial charge is 0.280 e. The topological polar surface area (TPSA) is 52.7 Å². The minimum atomic E-state index is -0.110. The summed E-state index contributed by atoms with van der Waals surface area (Å²) in [6.07, 6.45) is 0. The molecule has 0 aliphatic rings. The number of hydrogen-bond donors (Lipinski definition) is 0. The minimum Gasteiger partial charge on any atom is -0.281 e. The van der Waals surface area contributed by atoms with Crippen molar-refractivity contribution in [2.45, 2.75) is 37.8 Å². The highest BCUT2D eigenvalue weighted by molar-refractivity contribution is 7.98. The molecule has 0 spiro atoms. The molecule has 0 amide bonds. The van der Waals surface area contributed by atoms with E-state index in [2.05, 4.69) is 5.10 Å². The largest absolute Gasteiger partial charge is 0.281 e. The number of halogens is 2. The molecule has 0 radical (unpaired) electrons. The molecule has 0 saturated carbocycles. The first-order valence-electron chi connectivity index (χ1n) is 9.56. The third-order valence-electron chi connectivity index (χ3n) is 4.85. The van der Waals surface area contributed by atoms with Crippen LogP contribution in [0, 0.1) is 6.92 Å². The summed E-state index contributed by atoms with van der Waals surface area (Å²) in [6.45, 7) is 4.79. The van der Waals surface area contributed by atoms with Crippen LogP contribution < -0.4 is 5.56 Å². The highest BCUT2D eigenvalue weighted by Crippen LogP contribution is 2.26. The van der Waals surface area contributed by atoms with E-state index >= 15 is 0 Å². The Morgan fingerprint density at radius 2 is 1.80 bits per heavy atom. The monoisotopic (exact) mass is 458 g/mol. The Morgan fingerprint density at radius 1 is 1.07 bits per heavy atom. The van der Waals surface area contributed by atoms with Crippen LogP contribution in [0.4, 0.5) is 0 Å². The average Bonchev–Trinajstić information content (AvgIpc) is 3.07. The molecule has 2 aromatic carbocycles. The number of benzene rings is 2. The van der Waals surface area contributed by atoms with Gasteiger partial charge in [0.15, 0.2) is 10.7 Å². The molecule has 2 heterocycles. The van der Waals surface area contributed by atoms with Crippen LogP contribution in [-0.4, -0.2) is 19.3 Å². The Hall–Kier alpha value is -2.28. The summed E-state index contributed by atoms with van der Waals surface area (Å²) in [7, 11) is 0. The quantitative estimate of drug-likeness (QED) is 0.280. The second-order valence-corrected chi connectivity index (χ2v) is 8.68. The van der Waals surface area contributed by atoms with E-state index in [9.17, 15) is 4.79 Å². The summed E-state index contributed by atoms with van der Waals surface area (Å²) in [5.41, 5.74) is 3.79. The van der Waals surface area contributed by atoms with Crippen molar-refractivity contribution in [3.05, 3.63) is 85.8 Å². The number of nitrogens with zero attached hydrogens (tertiary/aromatic N) is 4. The molecule has 4 aromatic rings. The van der Waals surface area contributed by atoms with E-state index in [4.69, 9.17) is 28.2 Å². The summed E-state index contributed by atoms with van der Waals surface area (Å²) in [5, 5.41) is 6.45. The number of thioether (sulfide) groups is 1. The zero-order valence-corrected chi connectivity index (χ0v) is 18.9. The van der Waals surface area contributed by atoms with Crippen molar-refractivity contribution in [1.82, 2.24) is 19.3 Å². The third kappa shape index (κ3) is 4.13. The second kappa shape index (κ2) is 8.84. The van der Waals surface area contributed by atoms with Gasteiger partial charge >= 0.3 is 0 Å². The molecular weight excluding hydrogens is 439 g/mol. The van der Waals surface area contributed by atoms with Crippen LogP contribution in [0.5, 0.6) is 0 Å². The van der Waals surface area contributed by atoms with Crippen molar-refractivity contribution in [1.29, 1.82) is 0 Å². The molecular formula is C22H20Cl2N4OS. The van der Waals surface area contributed by atoms with Crippen LogP contribution >= 0.6 is 35.0 Å². The third-order valence-corrected chi connectivity index (χ3v) is 6.52. The van der Waals surface area contributed by atoms with Crippen LogP contribution in [0.15, 0.2) is 58.5 Å². The van der Waals surface area contributed by atoms with Crippen LogP contribution in [0.25, 0.3) is 11.0 Å². The maximum atomic E-state index is 13.5. The van der Waals surface area contributed by atoms with E-state index in [1.54, 1.807) is 9.25 Å². The normalized spacial score (nSPS) is 11.3. The molecule has 4 rings (SSSR count). The van der Waals surface area contributed by atoms with E-state index in [0.29, 0.717) is 45.1 Å². The van der Waals surface area contributed by atoms with Gasteiger partial charge < -0.3 is 0 Å². The van der Waals surface area contributed by atoms with Crippen molar-refractivity contribution >= 4 is 46.0 Å². The van der Waals surface area contributed by atoms with Crippen molar-refractivity contribution < 1.29 is 0 Å². The predicted octanol–water partition coefficient (Wildman–Crippen LogP) is 5.57. The van der Waals surface area contributed by atoms with Crippen LogP contribution in [-0.2, 0) is 18.8 Å². The maximum absolute atomic E-state index is 13.5. The van der Waals surface area contributed by atoms with Gasteiger partial charge in [-0.05, 0) is 43.2 Å². The zero-order chi connectivity index (χ0) is 21.3. The van der Waals surface area contributed by atoms with Gasteiger partial charge in [-0.25, -0.2) is 4.98 Å².